The Morgan fingerprint density at radius 1 is 0.974 bits per heavy atom. The fraction of sp³-hybridized carbons (Fsp3) is 0.500. The number of methoxy groups -OCH3 is 2. The Balaban J connectivity index is 1.27. The molecule has 4 bridgehead atoms. The van der Waals surface area contributed by atoms with Crippen LogP contribution in [0.2, 0.25) is 0 Å². The summed E-state index contributed by atoms with van der Waals surface area (Å²) < 4.78 is 11.6. The number of aromatic hydroxyl groups is 1. The molecule has 0 aromatic heterocycles. The van der Waals surface area contributed by atoms with Crippen molar-refractivity contribution in [2.24, 2.45) is 22.7 Å². The highest BCUT2D eigenvalue weighted by Gasteiger charge is 2.52. The van der Waals surface area contributed by atoms with Crippen molar-refractivity contribution in [2.75, 3.05) is 27.3 Å². The Morgan fingerprint density at radius 2 is 1.64 bits per heavy atom. The van der Waals surface area contributed by atoms with Gasteiger partial charge in [-0.05, 0) is 116 Å². The highest BCUT2D eigenvalue weighted by molar-refractivity contribution is 8.18. The summed E-state index contributed by atoms with van der Waals surface area (Å²) >= 11 is 1.45. The number of benzene rings is 2. The van der Waals surface area contributed by atoms with Gasteiger partial charge >= 0.3 is 0 Å². The predicted molar refractivity (Wildman–Crippen MR) is 155 cm³/mol. The number of amides is 1. The van der Waals surface area contributed by atoms with Crippen LogP contribution in [-0.2, 0) is 10.2 Å². The largest absolute Gasteiger partial charge is 0.508 e. The number of carbonyl (C=O) groups excluding carboxylic acids is 1. The van der Waals surface area contributed by atoms with Crippen molar-refractivity contribution < 1.29 is 19.4 Å². The van der Waals surface area contributed by atoms with Gasteiger partial charge in [0.2, 0.25) is 0 Å². The molecule has 6 aliphatic rings. The molecule has 39 heavy (non-hydrogen) atoms. The zero-order valence-electron chi connectivity index (χ0n) is 22.7. The van der Waals surface area contributed by atoms with Crippen LogP contribution in [0.3, 0.4) is 0 Å². The summed E-state index contributed by atoms with van der Waals surface area (Å²) in [6, 6.07) is 9.98. The molecular weight excluding hydrogens is 508 g/mol. The third kappa shape index (κ3) is 4.33. The minimum Gasteiger partial charge on any atom is -0.508 e. The van der Waals surface area contributed by atoms with Crippen molar-refractivity contribution in [3.63, 3.8) is 0 Å². The SMILES string of the molecule is COc1cc(OC)c(-c2ccc(O)c(C34CC5CC(CC(C5)C3)C4)c2)cc1C=C1SC(N2CCCC2)=NC1=O. The number of nitrogens with zero attached hydrogens (tertiary/aromatic N) is 2. The maximum absolute atomic E-state index is 12.8. The lowest BCUT2D eigenvalue weighted by Gasteiger charge is -2.57. The van der Waals surface area contributed by atoms with Gasteiger partial charge in [0, 0.05) is 35.8 Å². The predicted octanol–water partition coefficient (Wildman–Crippen LogP) is 6.61. The average Bonchev–Trinajstić information content (AvgIpc) is 3.58. The zero-order chi connectivity index (χ0) is 26.7. The minimum atomic E-state index is -0.199. The summed E-state index contributed by atoms with van der Waals surface area (Å²) in [7, 11) is 3.31. The first kappa shape index (κ1) is 25.1. The van der Waals surface area contributed by atoms with Crippen LogP contribution in [0.15, 0.2) is 40.2 Å². The van der Waals surface area contributed by atoms with Crippen molar-refractivity contribution in [2.45, 2.75) is 56.8 Å². The average molecular weight is 545 g/mol. The van der Waals surface area contributed by atoms with Gasteiger partial charge in [0.15, 0.2) is 5.17 Å². The van der Waals surface area contributed by atoms with E-state index in [1.165, 1.54) is 50.3 Å². The Hall–Kier alpha value is -2.93. The summed E-state index contributed by atoms with van der Waals surface area (Å²) in [6.45, 7) is 1.91. The number of carbonyl (C=O) groups is 1. The quantitative estimate of drug-likeness (QED) is 0.427. The third-order valence-corrected chi connectivity index (χ3v) is 10.8. The van der Waals surface area contributed by atoms with Crippen molar-refractivity contribution >= 4 is 28.9 Å². The topological polar surface area (TPSA) is 71.4 Å². The number of likely N-dealkylation sites (tertiary alicyclic amines) is 1. The highest BCUT2D eigenvalue weighted by atomic mass is 32.2. The molecule has 0 unspecified atom stereocenters. The number of hydrogen-bond donors (Lipinski definition) is 1. The van der Waals surface area contributed by atoms with E-state index in [1.54, 1.807) is 14.2 Å². The summed E-state index contributed by atoms with van der Waals surface area (Å²) in [5, 5.41) is 11.9. The summed E-state index contributed by atoms with van der Waals surface area (Å²) in [5.41, 5.74) is 3.92. The van der Waals surface area contributed by atoms with Crippen LogP contribution in [0.5, 0.6) is 17.2 Å². The number of amidine groups is 1. The lowest BCUT2D eigenvalue weighted by Crippen LogP contribution is -2.48. The molecular formula is C32H36N2O4S. The van der Waals surface area contributed by atoms with Gasteiger partial charge in [-0.1, -0.05) is 6.07 Å². The number of phenolic OH excluding ortho intramolecular Hbond substituents is 1. The number of hydrogen-bond acceptors (Lipinski definition) is 6. The molecule has 4 aliphatic carbocycles. The van der Waals surface area contributed by atoms with Gasteiger partial charge in [0.1, 0.15) is 17.2 Å². The van der Waals surface area contributed by atoms with Crippen LogP contribution in [0.1, 0.15) is 62.5 Å². The van der Waals surface area contributed by atoms with Crippen molar-refractivity contribution in [1.29, 1.82) is 0 Å². The van der Waals surface area contributed by atoms with Gasteiger partial charge in [-0.15, -0.1) is 0 Å². The van der Waals surface area contributed by atoms with Gasteiger partial charge in [0.05, 0.1) is 19.1 Å². The number of aliphatic imine (C=N–C) groups is 1. The maximum atomic E-state index is 12.8. The van der Waals surface area contributed by atoms with Crippen molar-refractivity contribution in [1.82, 2.24) is 4.90 Å². The first-order valence-corrected chi connectivity index (χ1v) is 15.1. The summed E-state index contributed by atoms with van der Waals surface area (Å²) in [6.07, 6.45) is 11.8. The van der Waals surface area contributed by atoms with Crippen LogP contribution in [-0.4, -0.2) is 48.4 Å². The minimum absolute atomic E-state index is 0.0789. The fourth-order valence-electron chi connectivity index (χ4n) is 8.41. The summed E-state index contributed by atoms with van der Waals surface area (Å²) in [4.78, 5) is 19.9. The molecule has 8 rings (SSSR count). The second kappa shape index (κ2) is 9.61. The van der Waals surface area contributed by atoms with Gasteiger partial charge in [-0.25, -0.2) is 0 Å². The Bertz CT molecular complexity index is 1360. The Morgan fingerprint density at radius 3 is 2.28 bits per heavy atom. The molecule has 1 amide bonds. The second-order valence-electron chi connectivity index (χ2n) is 12.2. The second-order valence-corrected chi connectivity index (χ2v) is 13.2. The molecule has 4 saturated carbocycles. The lowest BCUT2D eigenvalue weighted by molar-refractivity contribution is -0.113. The highest BCUT2D eigenvalue weighted by Crippen LogP contribution is 2.62. The molecule has 2 aliphatic heterocycles. The van der Waals surface area contributed by atoms with Gasteiger partial charge in [0.25, 0.3) is 5.91 Å². The van der Waals surface area contributed by atoms with E-state index in [-0.39, 0.29) is 11.3 Å². The monoisotopic (exact) mass is 544 g/mol. The molecule has 2 aromatic rings. The molecule has 1 saturated heterocycles. The number of rotatable bonds is 5. The van der Waals surface area contributed by atoms with Crippen molar-refractivity contribution in [3.8, 4) is 28.4 Å². The van der Waals surface area contributed by atoms with Crippen LogP contribution in [0.25, 0.3) is 17.2 Å². The normalized spacial score (nSPS) is 30.4. The molecule has 2 aromatic carbocycles. The zero-order valence-corrected chi connectivity index (χ0v) is 23.6. The van der Waals surface area contributed by atoms with E-state index in [4.69, 9.17) is 9.47 Å². The van der Waals surface area contributed by atoms with Gasteiger partial charge in [-0.2, -0.15) is 4.99 Å². The fourth-order valence-corrected chi connectivity index (χ4v) is 9.37. The van der Waals surface area contributed by atoms with E-state index < -0.39 is 0 Å². The molecule has 0 radical (unpaired) electrons. The van der Waals surface area contributed by atoms with E-state index in [1.807, 2.05) is 30.3 Å². The number of thioether (sulfide) groups is 1. The summed E-state index contributed by atoms with van der Waals surface area (Å²) in [5.74, 6) is 3.94. The molecule has 5 fully saturated rings. The van der Waals surface area contributed by atoms with Gasteiger partial charge in [-0.3, -0.25) is 4.79 Å². The first-order chi connectivity index (χ1) is 18.9. The van der Waals surface area contributed by atoms with Crippen molar-refractivity contribution in [3.05, 3.63) is 46.4 Å². The Kier molecular flexibility index (Phi) is 6.18. The lowest BCUT2D eigenvalue weighted by atomic mass is 9.48. The third-order valence-electron chi connectivity index (χ3n) is 9.74. The number of phenols is 1. The standard InChI is InChI=1S/C32H36N2O4S/c1-37-27-15-28(38-2)24(12-23(27)14-29-30(36)33-31(39-29)34-7-3-4-8-34)22-5-6-26(35)25(13-22)32-16-19-9-20(17-32)11-21(10-19)18-32/h5-6,12-15,19-21,35H,3-4,7-11,16-18H2,1-2H3. The van der Waals surface area contributed by atoms with E-state index in [0.29, 0.717) is 22.2 Å². The van der Waals surface area contributed by atoms with E-state index in [9.17, 15) is 9.90 Å². The van der Waals surface area contributed by atoms with E-state index in [0.717, 1.165) is 71.1 Å². The molecule has 7 heteroatoms. The number of ether oxygens (including phenoxy) is 2. The molecule has 1 N–H and O–H groups in total. The van der Waals surface area contributed by atoms with Crippen LogP contribution in [0.4, 0.5) is 0 Å². The molecule has 2 heterocycles. The van der Waals surface area contributed by atoms with E-state index >= 15 is 0 Å². The molecule has 0 atom stereocenters. The van der Waals surface area contributed by atoms with E-state index in [2.05, 4.69) is 16.0 Å². The van der Waals surface area contributed by atoms with Crippen LogP contribution >= 0.6 is 11.8 Å². The molecule has 6 nitrogen and oxygen atoms in total. The van der Waals surface area contributed by atoms with Crippen LogP contribution in [0, 0.1) is 17.8 Å². The first-order valence-electron chi connectivity index (χ1n) is 14.3. The molecule has 204 valence electrons. The van der Waals surface area contributed by atoms with Gasteiger partial charge < -0.3 is 19.5 Å². The smallest absolute Gasteiger partial charge is 0.286 e. The van der Waals surface area contributed by atoms with Crippen LogP contribution < -0.4 is 9.47 Å². The molecule has 0 spiro atoms. The maximum Gasteiger partial charge on any atom is 0.286 e. The Labute approximate surface area is 234 Å².